The predicted octanol–water partition coefficient (Wildman–Crippen LogP) is 7.47. The molecule has 0 rings (SSSR count). The van der Waals surface area contributed by atoms with E-state index in [0.717, 1.165) is 0 Å². The van der Waals surface area contributed by atoms with Gasteiger partial charge in [-0.25, -0.2) is 0 Å². The van der Waals surface area contributed by atoms with E-state index >= 15 is 0 Å². The Morgan fingerprint density at radius 3 is 1.26 bits per heavy atom. The summed E-state index contributed by atoms with van der Waals surface area (Å²) in [6, 6.07) is 0. The number of rotatable bonds is 16. The van der Waals surface area contributed by atoms with Gasteiger partial charge in [0.15, 0.2) is 0 Å². The molecule has 0 saturated carbocycles. The third kappa shape index (κ3) is 18.0. The van der Waals surface area contributed by atoms with Gasteiger partial charge in [-0.15, -0.1) is 0 Å². The molecule has 0 spiro atoms. The van der Waals surface area contributed by atoms with Crippen molar-refractivity contribution in [1.29, 1.82) is 0 Å². The second kappa shape index (κ2) is 18.0. The van der Waals surface area contributed by atoms with Crippen LogP contribution in [0.3, 0.4) is 0 Å². The first-order chi connectivity index (χ1) is 9.41. The van der Waals surface area contributed by atoms with Gasteiger partial charge in [-0.3, -0.25) is 0 Å². The van der Waals surface area contributed by atoms with Gasteiger partial charge >= 0.3 is 0 Å². The fourth-order valence-electron chi connectivity index (χ4n) is 2.62. The first-order valence-electron chi connectivity index (χ1n) is 9.23. The van der Waals surface area contributed by atoms with Crippen molar-refractivity contribution in [1.82, 2.24) is 0 Å². The molecule has 19 heavy (non-hydrogen) atoms. The number of hydrogen-bond donors (Lipinski definition) is 0. The van der Waals surface area contributed by atoms with E-state index in [1.807, 2.05) is 0 Å². The van der Waals surface area contributed by atoms with Crippen LogP contribution in [0.15, 0.2) is 0 Å². The van der Waals surface area contributed by atoms with Crippen LogP contribution in [0.1, 0.15) is 117 Å². The van der Waals surface area contributed by atoms with Crippen LogP contribution in [0.2, 0.25) is 0 Å². The molecule has 0 aromatic carbocycles. The molecule has 1 radical (unpaired) electrons. The van der Waals surface area contributed by atoms with Crippen LogP contribution < -0.4 is 0 Å². The fraction of sp³-hybridized carbons (Fsp3) is 0.947. The molecule has 0 aliphatic heterocycles. The largest absolute Gasteiger partial charge is 0.0654 e. The van der Waals surface area contributed by atoms with E-state index < -0.39 is 0 Å². The van der Waals surface area contributed by atoms with Crippen LogP contribution in [-0.4, -0.2) is 0 Å². The molecule has 0 aliphatic rings. The first kappa shape index (κ1) is 19.0. The highest BCUT2D eigenvalue weighted by Gasteiger charge is 1.94. The summed E-state index contributed by atoms with van der Waals surface area (Å²) in [6.07, 6.45) is 25.4. The summed E-state index contributed by atoms with van der Waals surface area (Å²) in [6.45, 7) is 4.57. The summed E-state index contributed by atoms with van der Waals surface area (Å²) in [7, 11) is 0. The number of hydrogen-bond acceptors (Lipinski definition) is 0. The zero-order valence-corrected chi connectivity index (χ0v) is 13.9. The normalized spacial score (nSPS) is 11.1. The topological polar surface area (TPSA) is 0 Å². The molecule has 0 heteroatoms. The number of unbranched alkanes of at least 4 members (excludes halogenated alkanes) is 16. The summed E-state index contributed by atoms with van der Waals surface area (Å²) < 4.78 is 0. The Labute approximate surface area is 123 Å². The van der Waals surface area contributed by atoms with Gasteiger partial charge in [-0.05, 0) is 6.42 Å². The fourth-order valence-corrected chi connectivity index (χ4v) is 2.62. The highest BCUT2D eigenvalue weighted by atomic mass is 14.0. The SMILES string of the molecule is CCCC[CH]CCCCCCCCCCCCCC. The minimum atomic E-state index is 1.34. The van der Waals surface area contributed by atoms with Gasteiger partial charge in [0, 0.05) is 0 Å². The molecule has 0 aromatic heterocycles. The van der Waals surface area contributed by atoms with Gasteiger partial charge in [0.05, 0.1) is 0 Å². The van der Waals surface area contributed by atoms with Crippen LogP contribution in [0, 0.1) is 6.42 Å². The maximum absolute atomic E-state index is 2.50. The quantitative estimate of drug-likeness (QED) is 0.254. The van der Waals surface area contributed by atoms with Gasteiger partial charge in [0.25, 0.3) is 0 Å². The van der Waals surface area contributed by atoms with Crippen LogP contribution in [0.5, 0.6) is 0 Å². The first-order valence-corrected chi connectivity index (χ1v) is 9.23. The maximum atomic E-state index is 2.50. The van der Waals surface area contributed by atoms with Crippen molar-refractivity contribution < 1.29 is 0 Å². The Balaban J connectivity index is 2.88. The van der Waals surface area contributed by atoms with E-state index in [4.69, 9.17) is 0 Å². The molecule has 0 aliphatic carbocycles. The van der Waals surface area contributed by atoms with E-state index in [-0.39, 0.29) is 0 Å². The zero-order chi connectivity index (χ0) is 14.0. The average molecular weight is 268 g/mol. The Morgan fingerprint density at radius 2 is 0.789 bits per heavy atom. The maximum Gasteiger partial charge on any atom is -0.0386 e. The van der Waals surface area contributed by atoms with Gasteiger partial charge in [-0.2, -0.15) is 0 Å². The minimum Gasteiger partial charge on any atom is -0.0654 e. The monoisotopic (exact) mass is 267 g/mol. The van der Waals surface area contributed by atoms with E-state index in [9.17, 15) is 0 Å². The molecule has 115 valence electrons. The standard InChI is InChI=1S/C19H39/c1-3-5-7-9-11-13-15-17-19-18-16-14-12-10-8-6-4-2/h9H,3-8,10-19H2,1-2H3. The predicted molar refractivity (Wildman–Crippen MR) is 89.5 cm³/mol. The highest BCUT2D eigenvalue weighted by molar-refractivity contribution is 4.63. The third-order valence-corrected chi connectivity index (χ3v) is 4.02. The minimum absolute atomic E-state index is 1.34. The van der Waals surface area contributed by atoms with Crippen molar-refractivity contribution in [3.8, 4) is 0 Å². The molecule has 0 nitrogen and oxygen atoms in total. The van der Waals surface area contributed by atoms with Crippen molar-refractivity contribution in [2.75, 3.05) is 0 Å². The lowest BCUT2D eigenvalue weighted by atomic mass is 10.0. The molecule has 0 N–H and O–H groups in total. The van der Waals surface area contributed by atoms with E-state index in [1.54, 1.807) is 0 Å². The Kier molecular flexibility index (Phi) is 18.0. The van der Waals surface area contributed by atoms with Crippen LogP contribution >= 0.6 is 0 Å². The smallest absolute Gasteiger partial charge is 0.0386 e. The molecule has 0 bridgehead atoms. The van der Waals surface area contributed by atoms with E-state index in [0.29, 0.717) is 0 Å². The second-order valence-corrected chi connectivity index (χ2v) is 6.11. The molecule has 0 amide bonds. The van der Waals surface area contributed by atoms with Crippen LogP contribution in [-0.2, 0) is 0 Å². The van der Waals surface area contributed by atoms with E-state index in [1.165, 1.54) is 103 Å². The molecule has 0 heterocycles. The third-order valence-electron chi connectivity index (χ3n) is 4.02. The van der Waals surface area contributed by atoms with Gasteiger partial charge in [0.2, 0.25) is 0 Å². The Hall–Kier alpha value is 0. The summed E-state index contributed by atoms with van der Waals surface area (Å²) in [4.78, 5) is 0. The molecule has 0 atom stereocenters. The lowest BCUT2D eigenvalue weighted by molar-refractivity contribution is 0.542. The average Bonchev–Trinajstić information content (AvgIpc) is 2.43. The molecular weight excluding hydrogens is 228 g/mol. The second-order valence-electron chi connectivity index (χ2n) is 6.11. The molecule has 0 saturated heterocycles. The van der Waals surface area contributed by atoms with Gasteiger partial charge in [0.1, 0.15) is 0 Å². The van der Waals surface area contributed by atoms with Crippen molar-refractivity contribution in [3.05, 3.63) is 6.42 Å². The zero-order valence-electron chi connectivity index (χ0n) is 13.9. The molecule has 0 fully saturated rings. The molecular formula is C19H39. The van der Waals surface area contributed by atoms with Crippen molar-refractivity contribution in [2.24, 2.45) is 0 Å². The Bertz CT molecular complexity index is 123. The summed E-state index contributed by atoms with van der Waals surface area (Å²) >= 11 is 0. The lowest BCUT2D eigenvalue weighted by Crippen LogP contribution is -1.83. The van der Waals surface area contributed by atoms with Crippen molar-refractivity contribution in [2.45, 2.75) is 117 Å². The van der Waals surface area contributed by atoms with Gasteiger partial charge in [-0.1, -0.05) is 117 Å². The lowest BCUT2D eigenvalue weighted by Gasteiger charge is -2.03. The van der Waals surface area contributed by atoms with Crippen LogP contribution in [0.4, 0.5) is 0 Å². The summed E-state index contributed by atoms with van der Waals surface area (Å²) in [5.74, 6) is 0. The molecule has 0 unspecified atom stereocenters. The Morgan fingerprint density at radius 1 is 0.421 bits per heavy atom. The summed E-state index contributed by atoms with van der Waals surface area (Å²) in [5.41, 5.74) is 0. The molecule has 0 aromatic rings. The highest BCUT2D eigenvalue weighted by Crippen LogP contribution is 2.13. The van der Waals surface area contributed by atoms with Crippen LogP contribution in [0.25, 0.3) is 0 Å². The van der Waals surface area contributed by atoms with Crippen molar-refractivity contribution in [3.63, 3.8) is 0 Å². The van der Waals surface area contributed by atoms with Crippen molar-refractivity contribution >= 4 is 0 Å². The summed E-state index contributed by atoms with van der Waals surface area (Å²) in [5, 5.41) is 0. The van der Waals surface area contributed by atoms with Gasteiger partial charge < -0.3 is 0 Å². The van der Waals surface area contributed by atoms with E-state index in [2.05, 4.69) is 20.3 Å².